The normalized spacial score (nSPS) is 18.1. The Hall–Kier alpha value is -2.45. The summed E-state index contributed by atoms with van der Waals surface area (Å²) in [4.78, 5) is 13.5. The largest absolute Gasteiger partial charge is 0.416 e. The van der Waals surface area contributed by atoms with Gasteiger partial charge in [0, 0.05) is 32.2 Å². The number of carbonyl (C=O) groups is 1. The van der Waals surface area contributed by atoms with Crippen molar-refractivity contribution in [2.75, 3.05) is 26.7 Å². The molecule has 3 rings (SSSR count). The summed E-state index contributed by atoms with van der Waals surface area (Å²) < 4.78 is 58.1. The molecule has 1 aliphatic heterocycles. The Kier molecular flexibility index (Phi) is 6.00. The predicted octanol–water partition coefficient (Wildman–Crippen LogP) is 3.78. The number of carbonyl (C=O) groups excluding carboxylic acids is 1. The molecule has 2 aromatic rings. The molecule has 1 N–H and O–H groups in total. The van der Waals surface area contributed by atoms with Crippen molar-refractivity contribution in [2.24, 2.45) is 0 Å². The predicted molar refractivity (Wildman–Crippen MR) is 95.2 cm³/mol. The number of morpholine rings is 1. The highest BCUT2D eigenvalue weighted by atomic mass is 19.4. The number of ether oxygens (including phenoxy) is 1. The van der Waals surface area contributed by atoms with Gasteiger partial charge in [0.05, 0.1) is 18.3 Å². The molecular formula is C20H20F4N2O2. The maximum atomic E-state index is 13.6. The molecule has 150 valence electrons. The number of hydrogen-bond donors (Lipinski definition) is 1. The van der Waals surface area contributed by atoms with Gasteiger partial charge in [0.1, 0.15) is 5.82 Å². The molecule has 0 aliphatic carbocycles. The molecular weight excluding hydrogens is 376 g/mol. The van der Waals surface area contributed by atoms with Crippen LogP contribution in [0, 0.1) is 5.82 Å². The van der Waals surface area contributed by atoms with Crippen molar-refractivity contribution in [3.63, 3.8) is 0 Å². The quantitative estimate of drug-likeness (QED) is 0.800. The van der Waals surface area contributed by atoms with Crippen LogP contribution in [-0.4, -0.2) is 37.6 Å². The number of rotatable bonds is 4. The summed E-state index contributed by atoms with van der Waals surface area (Å²) >= 11 is 0. The first kappa shape index (κ1) is 20.3. The lowest BCUT2D eigenvalue weighted by atomic mass is 10.0. The average molecular weight is 396 g/mol. The van der Waals surface area contributed by atoms with E-state index >= 15 is 0 Å². The number of benzene rings is 2. The van der Waals surface area contributed by atoms with Crippen molar-refractivity contribution < 1.29 is 27.1 Å². The third-order valence-electron chi connectivity index (χ3n) is 4.61. The van der Waals surface area contributed by atoms with Gasteiger partial charge in [-0.05, 0) is 41.5 Å². The van der Waals surface area contributed by atoms with Gasteiger partial charge in [-0.3, -0.25) is 9.69 Å². The van der Waals surface area contributed by atoms with Crippen molar-refractivity contribution in [2.45, 2.75) is 18.8 Å². The Bertz CT molecular complexity index is 837. The summed E-state index contributed by atoms with van der Waals surface area (Å²) in [6.45, 7) is 1.59. The minimum Gasteiger partial charge on any atom is -0.371 e. The molecule has 0 saturated carbocycles. The minimum atomic E-state index is -4.59. The monoisotopic (exact) mass is 396 g/mol. The van der Waals surface area contributed by atoms with E-state index in [9.17, 15) is 22.4 Å². The van der Waals surface area contributed by atoms with Crippen molar-refractivity contribution in [1.29, 1.82) is 0 Å². The molecule has 0 spiro atoms. The minimum absolute atomic E-state index is 0.190. The van der Waals surface area contributed by atoms with E-state index in [1.165, 1.54) is 0 Å². The van der Waals surface area contributed by atoms with Crippen LogP contribution in [0.4, 0.5) is 17.6 Å². The average Bonchev–Trinajstić information content (AvgIpc) is 2.66. The van der Waals surface area contributed by atoms with E-state index in [2.05, 4.69) is 5.32 Å². The van der Waals surface area contributed by atoms with Crippen LogP contribution in [0.5, 0.6) is 0 Å². The lowest BCUT2D eigenvalue weighted by Crippen LogP contribution is -2.37. The fourth-order valence-corrected chi connectivity index (χ4v) is 3.20. The molecule has 1 fully saturated rings. The van der Waals surface area contributed by atoms with Gasteiger partial charge in [-0.1, -0.05) is 12.1 Å². The van der Waals surface area contributed by atoms with Crippen LogP contribution in [-0.2, 0) is 17.5 Å². The van der Waals surface area contributed by atoms with E-state index in [4.69, 9.17) is 4.74 Å². The Labute approximate surface area is 160 Å². The summed E-state index contributed by atoms with van der Waals surface area (Å²) in [5, 5.41) is 2.55. The van der Waals surface area contributed by atoms with Crippen molar-refractivity contribution >= 4 is 5.91 Å². The van der Waals surface area contributed by atoms with Crippen LogP contribution >= 0.6 is 0 Å². The molecule has 0 bridgehead atoms. The lowest BCUT2D eigenvalue weighted by molar-refractivity contribution is -0.137. The first-order valence-electron chi connectivity index (χ1n) is 8.79. The second-order valence-corrected chi connectivity index (χ2v) is 6.64. The zero-order valence-corrected chi connectivity index (χ0v) is 15.2. The summed E-state index contributed by atoms with van der Waals surface area (Å²) in [5.74, 6) is -1.09. The smallest absolute Gasteiger partial charge is 0.371 e. The van der Waals surface area contributed by atoms with Crippen molar-refractivity contribution in [1.82, 2.24) is 10.2 Å². The Morgan fingerprint density at radius 2 is 1.93 bits per heavy atom. The standard InChI is InChI=1S/C20H20F4N2O2/c1-25-19(27)15-4-2-14(3-5-15)18-12-26(6-7-28-18)11-13-8-16(20(22,23)24)10-17(21)9-13/h2-5,8-10,18H,6-7,11-12H2,1H3,(H,25,27)/t18-/m1/s1. The molecule has 0 radical (unpaired) electrons. The topological polar surface area (TPSA) is 41.6 Å². The summed E-state index contributed by atoms with van der Waals surface area (Å²) in [6, 6.07) is 9.58. The van der Waals surface area contributed by atoms with Gasteiger partial charge in [-0.15, -0.1) is 0 Å². The van der Waals surface area contributed by atoms with Crippen molar-refractivity contribution in [3.05, 3.63) is 70.5 Å². The molecule has 8 heteroatoms. The van der Waals surface area contributed by atoms with Gasteiger partial charge in [-0.25, -0.2) is 4.39 Å². The summed E-state index contributed by atoms with van der Waals surface area (Å²) in [6.07, 6.45) is -4.86. The van der Waals surface area contributed by atoms with E-state index in [1.807, 2.05) is 4.90 Å². The third-order valence-corrected chi connectivity index (χ3v) is 4.61. The Morgan fingerprint density at radius 1 is 1.21 bits per heavy atom. The fraction of sp³-hybridized carbons (Fsp3) is 0.350. The van der Waals surface area contributed by atoms with Crippen LogP contribution < -0.4 is 5.32 Å². The van der Waals surface area contributed by atoms with Crippen molar-refractivity contribution in [3.8, 4) is 0 Å². The van der Waals surface area contributed by atoms with Gasteiger partial charge in [0.25, 0.3) is 5.91 Å². The van der Waals surface area contributed by atoms with Crippen LogP contribution in [0.3, 0.4) is 0 Å². The highest BCUT2D eigenvalue weighted by Gasteiger charge is 2.31. The molecule has 1 heterocycles. The molecule has 1 saturated heterocycles. The van der Waals surface area contributed by atoms with Gasteiger partial charge in [-0.2, -0.15) is 13.2 Å². The number of alkyl halides is 3. The molecule has 1 amide bonds. The van der Waals surface area contributed by atoms with E-state index in [0.717, 1.165) is 17.7 Å². The molecule has 1 atom stereocenters. The number of amides is 1. The number of nitrogens with one attached hydrogen (secondary N) is 1. The van der Waals surface area contributed by atoms with E-state index in [1.54, 1.807) is 31.3 Å². The van der Waals surface area contributed by atoms with Crippen LogP contribution in [0.1, 0.15) is 33.2 Å². The van der Waals surface area contributed by atoms with Crippen LogP contribution in [0.15, 0.2) is 42.5 Å². The van der Waals surface area contributed by atoms with E-state index < -0.39 is 17.6 Å². The second kappa shape index (κ2) is 8.28. The molecule has 0 unspecified atom stereocenters. The van der Waals surface area contributed by atoms with E-state index in [0.29, 0.717) is 31.3 Å². The van der Waals surface area contributed by atoms with Gasteiger partial charge in [0.15, 0.2) is 0 Å². The van der Waals surface area contributed by atoms with Gasteiger partial charge >= 0.3 is 6.18 Å². The Morgan fingerprint density at radius 3 is 2.57 bits per heavy atom. The summed E-state index contributed by atoms with van der Waals surface area (Å²) in [7, 11) is 1.55. The zero-order chi connectivity index (χ0) is 20.3. The van der Waals surface area contributed by atoms with Crippen LogP contribution in [0.25, 0.3) is 0 Å². The van der Waals surface area contributed by atoms with Crippen LogP contribution in [0.2, 0.25) is 0 Å². The molecule has 28 heavy (non-hydrogen) atoms. The third kappa shape index (κ3) is 4.88. The van der Waals surface area contributed by atoms with E-state index in [-0.39, 0.29) is 24.1 Å². The van der Waals surface area contributed by atoms with Gasteiger partial charge in [0.2, 0.25) is 0 Å². The first-order valence-corrected chi connectivity index (χ1v) is 8.79. The maximum absolute atomic E-state index is 13.6. The number of halogens is 4. The SMILES string of the molecule is CNC(=O)c1ccc([C@H]2CN(Cc3cc(F)cc(C(F)(F)F)c3)CCO2)cc1. The second-order valence-electron chi connectivity index (χ2n) is 6.64. The number of hydrogen-bond acceptors (Lipinski definition) is 3. The highest BCUT2D eigenvalue weighted by molar-refractivity contribution is 5.93. The molecule has 4 nitrogen and oxygen atoms in total. The highest BCUT2D eigenvalue weighted by Crippen LogP contribution is 2.31. The molecule has 0 aromatic heterocycles. The molecule has 1 aliphatic rings. The maximum Gasteiger partial charge on any atom is 0.416 e. The van der Waals surface area contributed by atoms with Gasteiger partial charge < -0.3 is 10.1 Å². The number of nitrogens with zero attached hydrogens (tertiary/aromatic N) is 1. The fourth-order valence-electron chi connectivity index (χ4n) is 3.20. The summed E-state index contributed by atoms with van der Waals surface area (Å²) in [5.41, 5.74) is 0.672. The zero-order valence-electron chi connectivity index (χ0n) is 15.2. The molecule has 2 aromatic carbocycles. The first-order chi connectivity index (χ1) is 13.3. The lowest BCUT2D eigenvalue weighted by Gasteiger charge is -2.33. The Balaban J connectivity index is 1.70.